The van der Waals surface area contributed by atoms with Crippen LogP contribution in [0, 0.1) is 18.8 Å². The van der Waals surface area contributed by atoms with Crippen LogP contribution < -0.4 is 11.2 Å². The predicted octanol–water partition coefficient (Wildman–Crippen LogP) is 0.640. The van der Waals surface area contributed by atoms with Gasteiger partial charge >= 0.3 is 0 Å². The number of aliphatic hydroxyl groups is 1. The SMILES string of the molecule is CCN(C)C(=O)C(O)C#Cc1cccc(-c2cc(=O)c(C)c(C(N)=O)[nH]2)c1. The summed E-state index contributed by atoms with van der Waals surface area (Å²) in [6, 6.07) is 8.22. The molecule has 0 radical (unpaired) electrons. The number of H-pyrrole nitrogens is 1. The molecule has 0 aliphatic rings. The standard InChI is InChI=1S/C20H21N3O4/c1-4-23(3)20(27)16(24)9-8-13-6-5-7-14(10-13)15-11-17(25)12(2)18(22-15)19(21)26/h5-7,10-11,16,24H,4H2,1-3H3,(H2,21,26)(H,22,25). The molecule has 2 aromatic rings. The number of aromatic nitrogens is 1. The Bertz CT molecular complexity index is 998. The summed E-state index contributed by atoms with van der Waals surface area (Å²) in [7, 11) is 1.58. The van der Waals surface area contributed by atoms with Gasteiger partial charge in [-0.05, 0) is 31.5 Å². The van der Waals surface area contributed by atoms with Crippen LogP contribution in [-0.4, -0.2) is 46.5 Å². The molecule has 2 rings (SSSR count). The Morgan fingerprint density at radius 1 is 1.33 bits per heavy atom. The quantitative estimate of drug-likeness (QED) is 0.688. The van der Waals surface area contributed by atoms with E-state index in [4.69, 9.17) is 5.73 Å². The lowest BCUT2D eigenvalue weighted by Gasteiger charge is -2.15. The molecule has 0 aliphatic heterocycles. The molecular weight excluding hydrogens is 346 g/mol. The number of benzene rings is 1. The minimum Gasteiger partial charge on any atom is -0.372 e. The van der Waals surface area contributed by atoms with Crippen molar-refractivity contribution in [1.82, 2.24) is 9.88 Å². The number of amides is 2. The highest BCUT2D eigenvalue weighted by molar-refractivity contribution is 5.92. The van der Waals surface area contributed by atoms with Crippen LogP contribution in [0.3, 0.4) is 0 Å². The van der Waals surface area contributed by atoms with Gasteiger partial charge in [0.1, 0.15) is 5.69 Å². The summed E-state index contributed by atoms with van der Waals surface area (Å²) in [6.45, 7) is 3.79. The predicted molar refractivity (Wildman–Crippen MR) is 102 cm³/mol. The van der Waals surface area contributed by atoms with Crippen LogP contribution in [0.4, 0.5) is 0 Å². The first-order valence-corrected chi connectivity index (χ1v) is 8.33. The average molecular weight is 367 g/mol. The second-order valence-corrected chi connectivity index (χ2v) is 6.02. The highest BCUT2D eigenvalue weighted by Crippen LogP contribution is 2.18. The molecule has 1 unspecified atom stereocenters. The Balaban J connectivity index is 2.37. The van der Waals surface area contributed by atoms with E-state index < -0.39 is 17.9 Å². The Labute approximate surface area is 156 Å². The van der Waals surface area contributed by atoms with E-state index in [2.05, 4.69) is 16.8 Å². The molecule has 0 aliphatic carbocycles. The van der Waals surface area contributed by atoms with Crippen molar-refractivity contribution in [2.75, 3.05) is 13.6 Å². The van der Waals surface area contributed by atoms with E-state index >= 15 is 0 Å². The average Bonchev–Trinajstić information content (AvgIpc) is 2.66. The first-order valence-electron chi connectivity index (χ1n) is 8.33. The van der Waals surface area contributed by atoms with Crippen LogP contribution >= 0.6 is 0 Å². The number of nitrogens with one attached hydrogen (secondary N) is 1. The number of likely N-dealkylation sites (N-methyl/N-ethyl adjacent to an activating group) is 1. The maximum Gasteiger partial charge on any atom is 0.265 e. The van der Waals surface area contributed by atoms with Gasteiger partial charge < -0.3 is 20.7 Å². The number of primary amides is 1. The Hall–Kier alpha value is -3.37. The number of hydrogen-bond acceptors (Lipinski definition) is 4. The zero-order valence-electron chi connectivity index (χ0n) is 15.4. The second kappa shape index (κ2) is 8.34. The summed E-state index contributed by atoms with van der Waals surface area (Å²) in [6.07, 6.45) is -1.42. The maximum atomic E-state index is 12.1. The molecule has 1 aromatic heterocycles. The molecule has 1 heterocycles. The van der Waals surface area contributed by atoms with Gasteiger partial charge in [0, 0.05) is 36.5 Å². The van der Waals surface area contributed by atoms with Crippen LogP contribution in [0.5, 0.6) is 0 Å². The summed E-state index contributed by atoms with van der Waals surface area (Å²) < 4.78 is 0. The summed E-state index contributed by atoms with van der Waals surface area (Å²) >= 11 is 0. The lowest BCUT2D eigenvalue weighted by atomic mass is 10.1. The van der Waals surface area contributed by atoms with E-state index in [0.717, 1.165) is 0 Å². The summed E-state index contributed by atoms with van der Waals surface area (Å²) in [5, 5.41) is 9.87. The van der Waals surface area contributed by atoms with Crippen LogP contribution in [-0.2, 0) is 4.79 Å². The van der Waals surface area contributed by atoms with Crippen molar-refractivity contribution in [3.05, 3.63) is 57.4 Å². The van der Waals surface area contributed by atoms with E-state index in [1.165, 1.54) is 17.9 Å². The molecule has 1 aromatic carbocycles. The van der Waals surface area contributed by atoms with Crippen LogP contribution in [0.15, 0.2) is 35.1 Å². The van der Waals surface area contributed by atoms with Crippen molar-refractivity contribution < 1.29 is 14.7 Å². The van der Waals surface area contributed by atoms with Crippen molar-refractivity contribution >= 4 is 11.8 Å². The van der Waals surface area contributed by atoms with Crippen LogP contribution in [0.2, 0.25) is 0 Å². The summed E-state index contributed by atoms with van der Waals surface area (Å²) in [5.41, 5.74) is 6.89. The molecule has 0 spiro atoms. The van der Waals surface area contributed by atoms with Crippen molar-refractivity contribution in [1.29, 1.82) is 0 Å². The largest absolute Gasteiger partial charge is 0.372 e. The number of carbonyl (C=O) groups is 2. The highest BCUT2D eigenvalue weighted by Gasteiger charge is 2.15. The molecule has 0 saturated heterocycles. The molecule has 7 heteroatoms. The number of nitrogens with two attached hydrogens (primary N) is 1. The summed E-state index contributed by atoms with van der Waals surface area (Å²) in [5.74, 6) is 4.06. The van der Waals surface area contributed by atoms with Crippen LogP contribution in [0.1, 0.15) is 28.5 Å². The molecule has 0 fully saturated rings. The van der Waals surface area contributed by atoms with Crippen molar-refractivity contribution in [3.63, 3.8) is 0 Å². The first kappa shape index (κ1) is 19.9. The highest BCUT2D eigenvalue weighted by atomic mass is 16.3. The fourth-order valence-electron chi connectivity index (χ4n) is 2.37. The van der Waals surface area contributed by atoms with Gasteiger partial charge in [0.25, 0.3) is 11.8 Å². The van der Waals surface area contributed by atoms with Crippen molar-refractivity contribution in [2.45, 2.75) is 20.0 Å². The normalized spacial score (nSPS) is 11.3. The van der Waals surface area contributed by atoms with Gasteiger partial charge in [-0.2, -0.15) is 0 Å². The molecular formula is C20H21N3O4. The van der Waals surface area contributed by atoms with Crippen molar-refractivity contribution in [3.8, 4) is 23.1 Å². The Morgan fingerprint density at radius 3 is 2.67 bits per heavy atom. The first-order chi connectivity index (χ1) is 12.7. The molecule has 4 N–H and O–H groups in total. The Kier molecular flexibility index (Phi) is 6.16. The van der Waals surface area contributed by atoms with E-state index in [-0.39, 0.29) is 16.7 Å². The lowest BCUT2D eigenvalue weighted by Crippen LogP contribution is -2.35. The molecule has 1 atom stereocenters. The molecule has 2 amide bonds. The van der Waals surface area contributed by atoms with Gasteiger partial charge in [-0.15, -0.1) is 0 Å². The van der Waals surface area contributed by atoms with Gasteiger partial charge in [0.05, 0.1) is 0 Å². The number of pyridine rings is 1. The summed E-state index contributed by atoms with van der Waals surface area (Å²) in [4.78, 5) is 39.7. The number of hydrogen-bond donors (Lipinski definition) is 3. The van der Waals surface area contributed by atoms with Crippen molar-refractivity contribution in [2.24, 2.45) is 5.73 Å². The van der Waals surface area contributed by atoms with Gasteiger partial charge in [0.15, 0.2) is 11.5 Å². The fraction of sp³-hybridized carbons (Fsp3) is 0.250. The second-order valence-electron chi connectivity index (χ2n) is 6.02. The lowest BCUT2D eigenvalue weighted by molar-refractivity contribution is -0.135. The minimum absolute atomic E-state index is 0.0533. The van der Waals surface area contributed by atoms with E-state index in [9.17, 15) is 19.5 Å². The van der Waals surface area contributed by atoms with E-state index in [0.29, 0.717) is 23.4 Å². The van der Waals surface area contributed by atoms with Gasteiger partial charge in [-0.1, -0.05) is 24.0 Å². The third-order valence-electron chi connectivity index (χ3n) is 4.14. The maximum absolute atomic E-state index is 12.1. The number of aliphatic hydroxyl groups excluding tert-OH is 1. The monoisotopic (exact) mass is 367 g/mol. The number of rotatable bonds is 4. The molecule has 140 valence electrons. The van der Waals surface area contributed by atoms with Crippen LogP contribution in [0.25, 0.3) is 11.3 Å². The minimum atomic E-state index is -1.42. The van der Waals surface area contributed by atoms with E-state index in [1.54, 1.807) is 38.2 Å². The smallest absolute Gasteiger partial charge is 0.265 e. The number of carbonyl (C=O) groups excluding carboxylic acids is 2. The van der Waals surface area contributed by atoms with Gasteiger partial charge in [-0.25, -0.2) is 0 Å². The Morgan fingerprint density at radius 2 is 2.04 bits per heavy atom. The third-order valence-corrected chi connectivity index (χ3v) is 4.14. The van der Waals surface area contributed by atoms with Gasteiger partial charge in [0.2, 0.25) is 0 Å². The zero-order valence-corrected chi connectivity index (χ0v) is 15.4. The van der Waals surface area contributed by atoms with E-state index in [1.807, 2.05) is 0 Å². The zero-order chi connectivity index (χ0) is 20.1. The molecule has 0 bridgehead atoms. The topological polar surface area (TPSA) is 116 Å². The third kappa shape index (κ3) is 4.63. The molecule has 0 saturated carbocycles. The molecule has 27 heavy (non-hydrogen) atoms. The van der Waals surface area contributed by atoms with Gasteiger partial charge in [-0.3, -0.25) is 14.4 Å². The molecule has 7 nitrogen and oxygen atoms in total. The number of nitrogens with zero attached hydrogens (tertiary/aromatic N) is 1. The number of aromatic amines is 1. The fourth-order valence-corrected chi connectivity index (χ4v) is 2.37.